The fourth-order valence-electron chi connectivity index (χ4n) is 3.12. The molecule has 2 aliphatic rings. The molecular formula is C12H15N5O4. The van der Waals surface area contributed by atoms with Crippen molar-refractivity contribution in [3.63, 3.8) is 0 Å². The van der Waals surface area contributed by atoms with Crippen LogP contribution < -0.4 is 10.6 Å². The Morgan fingerprint density at radius 2 is 1.95 bits per heavy atom. The SMILES string of the molecule is Nc1nc(N2CC3CN(C(=O)O)CC3C2)ccc1[N+](=O)[O-]. The third-order valence-corrected chi connectivity index (χ3v) is 4.17. The number of nitrogens with two attached hydrogens (primary N) is 1. The summed E-state index contributed by atoms with van der Waals surface area (Å²) in [6, 6.07) is 2.94. The van der Waals surface area contributed by atoms with Crippen LogP contribution in [0.3, 0.4) is 0 Å². The highest BCUT2D eigenvalue weighted by Gasteiger charge is 2.42. The van der Waals surface area contributed by atoms with Gasteiger partial charge in [0.1, 0.15) is 5.82 Å². The van der Waals surface area contributed by atoms with Crippen LogP contribution in [0.1, 0.15) is 0 Å². The van der Waals surface area contributed by atoms with E-state index in [2.05, 4.69) is 4.98 Å². The second-order valence-electron chi connectivity index (χ2n) is 5.44. The van der Waals surface area contributed by atoms with E-state index in [-0.39, 0.29) is 23.3 Å². The van der Waals surface area contributed by atoms with Crippen molar-refractivity contribution < 1.29 is 14.8 Å². The van der Waals surface area contributed by atoms with E-state index in [1.165, 1.54) is 11.0 Å². The Morgan fingerprint density at radius 1 is 1.33 bits per heavy atom. The van der Waals surface area contributed by atoms with Gasteiger partial charge in [0.15, 0.2) is 0 Å². The zero-order valence-electron chi connectivity index (χ0n) is 11.2. The number of likely N-dealkylation sites (tertiary alicyclic amines) is 1. The normalized spacial score (nSPS) is 24.2. The van der Waals surface area contributed by atoms with E-state index in [0.29, 0.717) is 32.0 Å². The van der Waals surface area contributed by atoms with Crippen molar-refractivity contribution in [3.05, 3.63) is 22.2 Å². The van der Waals surface area contributed by atoms with Crippen molar-refractivity contribution >= 4 is 23.4 Å². The van der Waals surface area contributed by atoms with Gasteiger partial charge in [0, 0.05) is 44.1 Å². The van der Waals surface area contributed by atoms with Crippen molar-refractivity contribution in [2.45, 2.75) is 0 Å². The molecule has 2 saturated heterocycles. The maximum Gasteiger partial charge on any atom is 0.407 e. The molecule has 9 nitrogen and oxygen atoms in total. The zero-order chi connectivity index (χ0) is 15.1. The second kappa shape index (κ2) is 4.76. The monoisotopic (exact) mass is 293 g/mol. The van der Waals surface area contributed by atoms with Gasteiger partial charge in [-0.1, -0.05) is 0 Å². The van der Waals surface area contributed by atoms with Crippen molar-refractivity contribution in [2.24, 2.45) is 11.8 Å². The fraction of sp³-hybridized carbons (Fsp3) is 0.500. The number of amides is 1. The Morgan fingerprint density at radius 3 is 2.43 bits per heavy atom. The third kappa shape index (κ3) is 2.30. The lowest BCUT2D eigenvalue weighted by molar-refractivity contribution is -0.384. The summed E-state index contributed by atoms with van der Waals surface area (Å²) in [5, 5.41) is 19.7. The van der Waals surface area contributed by atoms with Gasteiger partial charge in [-0.25, -0.2) is 9.78 Å². The van der Waals surface area contributed by atoms with E-state index < -0.39 is 11.0 Å². The first-order valence-electron chi connectivity index (χ1n) is 6.59. The predicted molar refractivity (Wildman–Crippen MR) is 74.1 cm³/mol. The number of carboxylic acid groups (broad SMARTS) is 1. The minimum Gasteiger partial charge on any atom is -0.465 e. The Kier molecular flexibility index (Phi) is 3.04. The first-order chi connectivity index (χ1) is 9.95. The highest BCUT2D eigenvalue weighted by molar-refractivity contribution is 5.65. The number of anilines is 2. The average molecular weight is 293 g/mol. The van der Waals surface area contributed by atoms with Crippen LogP contribution in [-0.4, -0.2) is 52.2 Å². The highest BCUT2D eigenvalue weighted by atomic mass is 16.6. The average Bonchev–Trinajstić information content (AvgIpc) is 2.95. The number of pyridine rings is 1. The lowest BCUT2D eigenvalue weighted by Crippen LogP contribution is -2.32. The van der Waals surface area contributed by atoms with Crippen LogP contribution in [0.2, 0.25) is 0 Å². The van der Waals surface area contributed by atoms with Gasteiger partial charge in [-0.05, 0) is 6.07 Å². The maximum absolute atomic E-state index is 10.9. The van der Waals surface area contributed by atoms with Crippen molar-refractivity contribution in [3.8, 4) is 0 Å². The smallest absolute Gasteiger partial charge is 0.407 e. The molecular weight excluding hydrogens is 278 g/mol. The van der Waals surface area contributed by atoms with Gasteiger partial charge in [0.25, 0.3) is 0 Å². The van der Waals surface area contributed by atoms with Gasteiger partial charge in [-0.15, -0.1) is 0 Å². The summed E-state index contributed by atoms with van der Waals surface area (Å²) in [5.74, 6) is 1.06. The van der Waals surface area contributed by atoms with E-state index in [1.54, 1.807) is 6.07 Å². The van der Waals surface area contributed by atoms with Gasteiger partial charge in [-0.2, -0.15) is 0 Å². The summed E-state index contributed by atoms with van der Waals surface area (Å²) in [6.45, 7) is 2.44. The van der Waals surface area contributed by atoms with Crippen LogP contribution in [0.5, 0.6) is 0 Å². The number of aromatic nitrogens is 1. The van der Waals surface area contributed by atoms with Gasteiger partial charge >= 0.3 is 11.8 Å². The summed E-state index contributed by atoms with van der Waals surface area (Å²) < 4.78 is 0. The second-order valence-corrected chi connectivity index (χ2v) is 5.44. The molecule has 9 heteroatoms. The molecule has 112 valence electrons. The van der Waals surface area contributed by atoms with Crippen LogP contribution >= 0.6 is 0 Å². The summed E-state index contributed by atoms with van der Waals surface area (Å²) in [6.07, 6.45) is -0.881. The van der Waals surface area contributed by atoms with Gasteiger partial charge < -0.3 is 20.6 Å². The molecule has 0 aliphatic carbocycles. The molecule has 21 heavy (non-hydrogen) atoms. The Hall–Kier alpha value is -2.58. The number of carbonyl (C=O) groups is 1. The first-order valence-corrected chi connectivity index (χ1v) is 6.59. The molecule has 2 atom stereocenters. The van der Waals surface area contributed by atoms with Gasteiger partial charge in [0.2, 0.25) is 5.82 Å². The Balaban J connectivity index is 1.72. The van der Waals surface area contributed by atoms with Gasteiger partial charge in [-0.3, -0.25) is 10.1 Å². The molecule has 3 heterocycles. The quantitative estimate of drug-likeness (QED) is 0.604. The van der Waals surface area contributed by atoms with Crippen LogP contribution in [0.15, 0.2) is 12.1 Å². The molecule has 1 amide bonds. The third-order valence-electron chi connectivity index (χ3n) is 4.17. The number of nitrogen functional groups attached to an aromatic ring is 1. The minimum atomic E-state index is -0.881. The highest BCUT2D eigenvalue weighted by Crippen LogP contribution is 2.34. The molecule has 0 bridgehead atoms. The zero-order valence-corrected chi connectivity index (χ0v) is 11.2. The molecule has 2 unspecified atom stereocenters. The Labute approximate surface area is 120 Å². The van der Waals surface area contributed by atoms with E-state index in [0.717, 1.165) is 0 Å². The molecule has 0 spiro atoms. The van der Waals surface area contributed by atoms with E-state index in [9.17, 15) is 14.9 Å². The largest absolute Gasteiger partial charge is 0.465 e. The molecule has 3 rings (SSSR count). The minimum absolute atomic E-state index is 0.0956. The Bertz CT molecular complexity index is 593. The molecule has 1 aromatic rings. The molecule has 0 aromatic carbocycles. The van der Waals surface area contributed by atoms with E-state index in [4.69, 9.17) is 10.8 Å². The summed E-state index contributed by atoms with van der Waals surface area (Å²) in [4.78, 5) is 28.6. The summed E-state index contributed by atoms with van der Waals surface area (Å²) in [7, 11) is 0. The van der Waals surface area contributed by atoms with Crippen LogP contribution in [-0.2, 0) is 0 Å². The first kappa shape index (κ1) is 13.4. The number of nitro groups is 1. The number of fused-ring (bicyclic) bond motifs is 1. The molecule has 2 fully saturated rings. The molecule has 2 aliphatic heterocycles. The van der Waals surface area contributed by atoms with Crippen molar-refractivity contribution in [1.29, 1.82) is 0 Å². The predicted octanol–water partition coefficient (Wildman–Crippen LogP) is 0.618. The standard InChI is InChI=1S/C12H15N5O4/c13-11-9(17(20)21)1-2-10(14-11)15-3-7-5-16(12(18)19)6-8(7)4-15/h1-2,7-8H,3-6H2,(H2,13,14)(H,18,19). The number of hydrogen-bond acceptors (Lipinski definition) is 6. The van der Waals surface area contributed by atoms with Crippen LogP contribution in [0, 0.1) is 22.0 Å². The van der Waals surface area contributed by atoms with Crippen molar-refractivity contribution in [1.82, 2.24) is 9.88 Å². The van der Waals surface area contributed by atoms with Crippen LogP contribution in [0.4, 0.5) is 22.1 Å². The maximum atomic E-state index is 10.9. The van der Waals surface area contributed by atoms with Crippen molar-refractivity contribution in [2.75, 3.05) is 36.8 Å². The summed E-state index contributed by atoms with van der Waals surface area (Å²) in [5.41, 5.74) is 5.40. The summed E-state index contributed by atoms with van der Waals surface area (Å²) >= 11 is 0. The van der Waals surface area contributed by atoms with E-state index >= 15 is 0 Å². The molecule has 0 radical (unpaired) electrons. The van der Waals surface area contributed by atoms with Gasteiger partial charge in [0.05, 0.1) is 4.92 Å². The van der Waals surface area contributed by atoms with E-state index in [1.807, 2.05) is 4.90 Å². The van der Waals surface area contributed by atoms with Crippen LogP contribution in [0.25, 0.3) is 0 Å². The topological polar surface area (TPSA) is 126 Å². The number of rotatable bonds is 2. The number of hydrogen-bond donors (Lipinski definition) is 2. The number of nitrogens with zero attached hydrogens (tertiary/aromatic N) is 4. The lowest BCUT2D eigenvalue weighted by atomic mass is 10.0. The fourth-order valence-corrected chi connectivity index (χ4v) is 3.12. The molecule has 1 aromatic heterocycles. The molecule has 0 saturated carbocycles. The molecule has 3 N–H and O–H groups in total. The lowest BCUT2D eigenvalue weighted by Gasteiger charge is -2.21.